The van der Waals surface area contributed by atoms with E-state index >= 15 is 0 Å². The van der Waals surface area contributed by atoms with E-state index < -0.39 is 5.60 Å². The van der Waals surface area contributed by atoms with Gasteiger partial charge in [-0.25, -0.2) is 14.8 Å². The third-order valence-electron chi connectivity index (χ3n) is 3.82. The van der Waals surface area contributed by atoms with Crippen LogP contribution in [0.1, 0.15) is 45.4 Å². The van der Waals surface area contributed by atoms with Gasteiger partial charge in [0, 0.05) is 31.4 Å². The second-order valence-electron chi connectivity index (χ2n) is 6.87. The lowest BCUT2D eigenvalue weighted by Crippen LogP contribution is -2.41. The van der Waals surface area contributed by atoms with Gasteiger partial charge in [-0.1, -0.05) is 0 Å². The van der Waals surface area contributed by atoms with E-state index in [0.29, 0.717) is 24.6 Å². The number of likely N-dealkylation sites (tertiary alicyclic amines) is 1. The van der Waals surface area contributed by atoms with Gasteiger partial charge in [0.05, 0.1) is 6.20 Å². The van der Waals surface area contributed by atoms with E-state index in [0.717, 1.165) is 18.7 Å². The second-order valence-corrected chi connectivity index (χ2v) is 6.87. The molecule has 1 aliphatic heterocycles. The molecule has 0 spiro atoms. The van der Waals surface area contributed by atoms with Crippen LogP contribution in [0.4, 0.5) is 4.79 Å². The Balaban J connectivity index is 1.59. The summed E-state index contributed by atoms with van der Waals surface area (Å²) >= 11 is 0. The molecule has 1 saturated heterocycles. The second kappa shape index (κ2) is 6.54. The van der Waals surface area contributed by atoms with Crippen molar-refractivity contribution in [1.82, 2.24) is 30.0 Å². The number of carbonyl (C=O) groups excluding carboxylic acids is 1. The molecule has 128 valence electrons. The molecule has 0 atom stereocenters. The first-order chi connectivity index (χ1) is 11.4. The van der Waals surface area contributed by atoms with Crippen LogP contribution in [0.2, 0.25) is 0 Å². The molecule has 8 nitrogen and oxygen atoms in total. The molecule has 0 unspecified atom stereocenters. The van der Waals surface area contributed by atoms with E-state index in [4.69, 9.17) is 4.74 Å². The van der Waals surface area contributed by atoms with Crippen LogP contribution in [-0.4, -0.2) is 54.8 Å². The molecule has 2 aromatic heterocycles. The van der Waals surface area contributed by atoms with Crippen molar-refractivity contribution >= 4 is 6.09 Å². The maximum atomic E-state index is 12.1. The van der Waals surface area contributed by atoms with Gasteiger partial charge in [-0.15, -0.1) is 0 Å². The number of nitrogens with one attached hydrogen (secondary N) is 1. The number of hydrogen-bond donors (Lipinski definition) is 1. The van der Waals surface area contributed by atoms with Crippen molar-refractivity contribution in [2.24, 2.45) is 0 Å². The molecule has 3 heterocycles. The molecule has 0 radical (unpaired) electrons. The first-order valence-electron chi connectivity index (χ1n) is 8.09. The Morgan fingerprint density at radius 3 is 2.67 bits per heavy atom. The summed E-state index contributed by atoms with van der Waals surface area (Å²) in [4.78, 5) is 26.6. The van der Waals surface area contributed by atoms with E-state index in [1.807, 2.05) is 20.8 Å². The van der Waals surface area contributed by atoms with Gasteiger partial charge in [0.2, 0.25) is 0 Å². The smallest absolute Gasteiger partial charge is 0.410 e. The number of amides is 1. The number of piperidine rings is 1. The maximum absolute atomic E-state index is 12.1. The van der Waals surface area contributed by atoms with Gasteiger partial charge in [0.25, 0.3) is 0 Å². The number of aromatic nitrogens is 5. The zero-order valence-electron chi connectivity index (χ0n) is 14.2. The summed E-state index contributed by atoms with van der Waals surface area (Å²) in [6.45, 7) is 6.92. The van der Waals surface area contributed by atoms with Crippen molar-refractivity contribution in [3.05, 3.63) is 24.4 Å². The van der Waals surface area contributed by atoms with Crippen LogP contribution in [-0.2, 0) is 4.74 Å². The minimum absolute atomic E-state index is 0.227. The molecule has 3 rings (SSSR count). The number of ether oxygens (including phenoxy) is 1. The van der Waals surface area contributed by atoms with Crippen molar-refractivity contribution in [3.63, 3.8) is 0 Å². The summed E-state index contributed by atoms with van der Waals surface area (Å²) in [6, 6.07) is 0. The van der Waals surface area contributed by atoms with Gasteiger partial charge < -0.3 is 9.64 Å². The first-order valence-corrected chi connectivity index (χ1v) is 8.09. The lowest BCUT2D eigenvalue weighted by molar-refractivity contribution is 0.0203. The zero-order valence-corrected chi connectivity index (χ0v) is 14.2. The minimum Gasteiger partial charge on any atom is -0.444 e. The van der Waals surface area contributed by atoms with Crippen LogP contribution < -0.4 is 0 Å². The normalized spacial score (nSPS) is 16.2. The lowest BCUT2D eigenvalue weighted by atomic mass is 9.96. The topological polar surface area (TPSA) is 96.9 Å². The fourth-order valence-electron chi connectivity index (χ4n) is 2.64. The van der Waals surface area contributed by atoms with Crippen molar-refractivity contribution in [2.75, 3.05) is 13.1 Å². The van der Waals surface area contributed by atoms with Crippen LogP contribution in [0.3, 0.4) is 0 Å². The Bertz CT molecular complexity index is 686. The number of nitrogens with zero attached hydrogens (tertiary/aromatic N) is 5. The van der Waals surface area contributed by atoms with Crippen molar-refractivity contribution in [3.8, 4) is 11.5 Å². The molecule has 1 aliphatic rings. The van der Waals surface area contributed by atoms with Crippen molar-refractivity contribution < 1.29 is 9.53 Å². The van der Waals surface area contributed by atoms with E-state index in [1.54, 1.807) is 23.5 Å². The van der Waals surface area contributed by atoms with Gasteiger partial charge >= 0.3 is 6.09 Å². The number of carbonyl (C=O) groups is 1. The van der Waals surface area contributed by atoms with E-state index in [1.165, 1.54) is 0 Å². The highest BCUT2D eigenvalue weighted by Crippen LogP contribution is 2.27. The molecule has 0 aromatic carbocycles. The zero-order chi connectivity index (χ0) is 17.2. The molecule has 2 aromatic rings. The van der Waals surface area contributed by atoms with Gasteiger partial charge in [0.1, 0.15) is 11.3 Å². The number of hydrogen-bond acceptors (Lipinski definition) is 6. The van der Waals surface area contributed by atoms with Gasteiger partial charge in [0.15, 0.2) is 11.6 Å². The predicted octanol–water partition coefficient (Wildman–Crippen LogP) is 2.38. The summed E-state index contributed by atoms with van der Waals surface area (Å²) in [5, 5.41) is 7.22. The van der Waals surface area contributed by atoms with Gasteiger partial charge in [-0.05, 0) is 33.6 Å². The summed E-state index contributed by atoms with van der Waals surface area (Å²) in [5.41, 5.74) is 0.200. The fraction of sp³-hybridized carbons (Fsp3) is 0.562. The molecule has 1 amide bonds. The summed E-state index contributed by atoms with van der Waals surface area (Å²) in [7, 11) is 0. The average Bonchev–Trinajstić information content (AvgIpc) is 3.04. The molecular formula is C16H22N6O2. The minimum atomic E-state index is -0.469. The van der Waals surface area contributed by atoms with Crippen LogP contribution in [0, 0.1) is 0 Å². The molecule has 1 fully saturated rings. The molecule has 24 heavy (non-hydrogen) atoms. The van der Waals surface area contributed by atoms with E-state index in [2.05, 4.69) is 25.1 Å². The third-order valence-corrected chi connectivity index (χ3v) is 3.82. The summed E-state index contributed by atoms with van der Waals surface area (Å²) in [5.74, 6) is 1.61. The molecule has 0 aliphatic carbocycles. The summed E-state index contributed by atoms with van der Waals surface area (Å²) < 4.78 is 5.41. The highest BCUT2D eigenvalue weighted by atomic mass is 16.6. The van der Waals surface area contributed by atoms with E-state index in [9.17, 15) is 4.79 Å². The summed E-state index contributed by atoms with van der Waals surface area (Å²) in [6.07, 6.45) is 6.27. The lowest BCUT2D eigenvalue weighted by Gasteiger charge is -2.32. The SMILES string of the molecule is CC(C)(C)OC(=O)N1CCC(c2n[nH]c(-c3cnccn3)n2)CC1. The van der Waals surface area contributed by atoms with Crippen LogP contribution in [0.25, 0.3) is 11.5 Å². The number of aromatic amines is 1. The largest absolute Gasteiger partial charge is 0.444 e. The third kappa shape index (κ3) is 3.87. The van der Waals surface area contributed by atoms with Crippen LogP contribution >= 0.6 is 0 Å². The Morgan fingerprint density at radius 1 is 1.29 bits per heavy atom. The standard InChI is InChI=1S/C16H22N6O2/c1-16(2,3)24-15(23)22-8-4-11(5-9-22)13-19-14(21-20-13)12-10-17-6-7-18-12/h6-7,10-11H,4-5,8-9H2,1-3H3,(H,19,20,21). The predicted molar refractivity (Wildman–Crippen MR) is 87.2 cm³/mol. The highest BCUT2D eigenvalue weighted by molar-refractivity contribution is 5.68. The Morgan fingerprint density at radius 2 is 2.04 bits per heavy atom. The molecule has 0 saturated carbocycles. The maximum Gasteiger partial charge on any atom is 0.410 e. The van der Waals surface area contributed by atoms with Gasteiger partial charge in [-0.2, -0.15) is 5.10 Å². The highest BCUT2D eigenvalue weighted by Gasteiger charge is 2.29. The Hall–Kier alpha value is -2.51. The number of rotatable bonds is 2. The quantitative estimate of drug-likeness (QED) is 0.908. The molecule has 1 N–H and O–H groups in total. The van der Waals surface area contributed by atoms with Crippen LogP contribution in [0.15, 0.2) is 18.6 Å². The Kier molecular flexibility index (Phi) is 4.46. The molecule has 0 bridgehead atoms. The van der Waals surface area contributed by atoms with Crippen molar-refractivity contribution in [2.45, 2.75) is 45.1 Å². The van der Waals surface area contributed by atoms with Crippen molar-refractivity contribution in [1.29, 1.82) is 0 Å². The fourth-order valence-corrected chi connectivity index (χ4v) is 2.64. The molecule has 8 heteroatoms. The average molecular weight is 330 g/mol. The van der Waals surface area contributed by atoms with Gasteiger partial charge in [-0.3, -0.25) is 10.1 Å². The number of H-pyrrole nitrogens is 1. The monoisotopic (exact) mass is 330 g/mol. The van der Waals surface area contributed by atoms with Crippen LogP contribution in [0.5, 0.6) is 0 Å². The van der Waals surface area contributed by atoms with E-state index in [-0.39, 0.29) is 12.0 Å². The first kappa shape index (κ1) is 16.4. The molecular weight excluding hydrogens is 308 g/mol. The Labute approximate surface area is 140 Å².